The molecule has 0 aliphatic heterocycles. The molecule has 0 aliphatic carbocycles. The van der Waals surface area contributed by atoms with Gasteiger partial charge in [0.15, 0.2) is 17.5 Å². The minimum atomic E-state index is -1.70. The number of rotatable bonds is 6. The molecule has 0 saturated carbocycles. The Morgan fingerprint density at radius 2 is 1.39 bits per heavy atom. The molecule has 144 valence electrons. The average molecular weight is 387 g/mol. The summed E-state index contributed by atoms with van der Waals surface area (Å²) in [4.78, 5) is 23.9. The number of benzene rings is 2. The van der Waals surface area contributed by atoms with Gasteiger partial charge >= 0.3 is 0 Å². The number of carbonyl (C=O) groups is 2. The maximum absolute atomic E-state index is 13.6. The van der Waals surface area contributed by atoms with Crippen molar-refractivity contribution in [1.82, 2.24) is 15.2 Å². The predicted octanol–water partition coefficient (Wildman–Crippen LogP) is 3.05. The van der Waals surface area contributed by atoms with Crippen LogP contribution in [0.4, 0.5) is 13.2 Å². The van der Waals surface area contributed by atoms with Crippen molar-refractivity contribution >= 4 is 11.8 Å². The Labute approximate surface area is 158 Å². The Morgan fingerprint density at radius 1 is 0.786 bits per heavy atom. The van der Waals surface area contributed by atoms with Crippen LogP contribution in [-0.2, 0) is 0 Å². The van der Waals surface area contributed by atoms with E-state index in [2.05, 4.69) is 10.6 Å². The van der Waals surface area contributed by atoms with E-state index in [1.165, 1.54) is 0 Å². The average Bonchev–Trinajstić information content (AvgIpc) is 3.24. The van der Waals surface area contributed by atoms with Gasteiger partial charge in [-0.3, -0.25) is 9.59 Å². The maximum Gasteiger partial charge on any atom is 0.254 e. The van der Waals surface area contributed by atoms with Gasteiger partial charge in [0, 0.05) is 36.7 Å². The lowest BCUT2D eigenvalue weighted by Crippen LogP contribution is -2.35. The third-order valence-electron chi connectivity index (χ3n) is 4.01. The van der Waals surface area contributed by atoms with E-state index in [1.54, 1.807) is 24.3 Å². The summed E-state index contributed by atoms with van der Waals surface area (Å²) in [6.07, 6.45) is 3.77. The van der Waals surface area contributed by atoms with Gasteiger partial charge in [0.25, 0.3) is 11.8 Å². The second kappa shape index (κ2) is 8.43. The minimum absolute atomic E-state index is 0.00946. The molecular formula is C20H16F3N3O2. The number of nitrogens with zero attached hydrogens (tertiary/aromatic N) is 1. The Balaban J connectivity index is 1.49. The summed E-state index contributed by atoms with van der Waals surface area (Å²) < 4.78 is 41.5. The summed E-state index contributed by atoms with van der Waals surface area (Å²) in [5, 5.41) is 4.94. The van der Waals surface area contributed by atoms with Gasteiger partial charge < -0.3 is 15.2 Å². The summed E-state index contributed by atoms with van der Waals surface area (Å²) in [6.45, 7) is 0.0691. The second-order valence-corrected chi connectivity index (χ2v) is 5.87. The fourth-order valence-corrected chi connectivity index (χ4v) is 2.54. The fraction of sp³-hybridized carbons (Fsp3) is 0.100. The minimum Gasteiger partial charge on any atom is -0.350 e. The second-order valence-electron chi connectivity index (χ2n) is 5.87. The highest BCUT2D eigenvalue weighted by atomic mass is 19.2. The zero-order chi connectivity index (χ0) is 20.1. The van der Waals surface area contributed by atoms with E-state index in [0.717, 1.165) is 11.8 Å². The molecule has 0 spiro atoms. The van der Waals surface area contributed by atoms with Crippen molar-refractivity contribution < 1.29 is 22.8 Å². The normalized spacial score (nSPS) is 10.5. The first-order valence-electron chi connectivity index (χ1n) is 8.40. The zero-order valence-corrected chi connectivity index (χ0v) is 14.6. The van der Waals surface area contributed by atoms with Gasteiger partial charge in [0.05, 0.1) is 5.56 Å². The van der Waals surface area contributed by atoms with E-state index in [0.29, 0.717) is 11.6 Å². The number of nitrogens with one attached hydrogen (secondary N) is 2. The summed E-state index contributed by atoms with van der Waals surface area (Å²) in [6, 6.07) is 12.2. The van der Waals surface area contributed by atoms with Gasteiger partial charge in [-0.2, -0.15) is 0 Å². The summed E-state index contributed by atoms with van der Waals surface area (Å²) in [5.41, 5.74) is 0.738. The summed E-state index contributed by atoms with van der Waals surface area (Å²) in [5.74, 6) is -5.87. The van der Waals surface area contributed by atoms with E-state index in [1.807, 2.05) is 29.1 Å². The molecule has 0 saturated heterocycles. The highest BCUT2D eigenvalue weighted by Gasteiger charge is 2.18. The first-order chi connectivity index (χ1) is 13.5. The number of halogens is 3. The van der Waals surface area contributed by atoms with Crippen LogP contribution in [0.25, 0.3) is 5.69 Å². The molecule has 0 atom stereocenters. The first-order valence-corrected chi connectivity index (χ1v) is 8.40. The molecule has 0 aliphatic rings. The highest BCUT2D eigenvalue weighted by Crippen LogP contribution is 2.15. The highest BCUT2D eigenvalue weighted by molar-refractivity contribution is 5.95. The Kier molecular flexibility index (Phi) is 5.78. The van der Waals surface area contributed by atoms with Gasteiger partial charge in [-0.1, -0.05) is 0 Å². The number of carbonyl (C=O) groups excluding carboxylic acids is 2. The summed E-state index contributed by atoms with van der Waals surface area (Å²) >= 11 is 0. The quantitative estimate of drug-likeness (QED) is 0.505. The Morgan fingerprint density at radius 3 is 2.04 bits per heavy atom. The van der Waals surface area contributed by atoms with Crippen molar-refractivity contribution in [3.63, 3.8) is 0 Å². The van der Waals surface area contributed by atoms with Crippen molar-refractivity contribution in [3.8, 4) is 5.69 Å². The molecule has 1 heterocycles. The van der Waals surface area contributed by atoms with Crippen molar-refractivity contribution in [3.05, 3.63) is 89.5 Å². The molecule has 8 heteroatoms. The molecule has 2 amide bonds. The van der Waals surface area contributed by atoms with Crippen molar-refractivity contribution in [1.29, 1.82) is 0 Å². The number of amides is 2. The summed E-state index contributed by atoms with van der Waals surface area (Å²) in [7, 11) is 0. The first kappa shape index (κ1) is 19.2. The zero-order valence-electron chi connectivity index (χ0n) is 14.6. The van der Waals surface area contributed by atoms with Crippen molar-refractivity contribution in [2.24, 2.45) is 0 Å². The van der Waals surface area contributed by atoms with Gasteiger partial charge in [-0.25, -0.2) is 13.2 Å². The molecule has 1 aromatic heterocycles. The molecule has 2 N–H and O–H groups in total. The van der Waals surface area contributed by atoms with Gasteiger partial charge in [0.2, 0.25) is 0 Å². The number of aromatic nitrogens is 1. The number of hydrogen-bond acceptors (Lipinski definition) is 2. The molecule has 2 aromatic carbocycles. The molecule has 3 rings (SSSR count). The molecule has 3 aromatic rings. The molecule has 28 heavy (non-hydrogen) atoms. The largest absolute Gasteiger partial charge is 0.350 e. The van der Waals surface area contributed by atoms with E-state index < -0.39 is 28.9 Å². The van der Waals surface area contributed by atoms with E-state index in [9.17, 15) is 22.8 Å². The molecule has 0 radical (unpaired) electrons. The van der Waals surface area contributed by atoms with Crippen LogP contribution in [-0.4, -0.2) is 29.5 Å². The smallest absolute Gasteiger partial charge is 0.254 e. The topological polar surface area (TPSA) is 63.1 Å². The molecule has 0 fully saturated rings. The van der Waals surface area contributed by atoms with Crippen LogP contribution in [0.2, 0.25) is 0 Å². The third-order valence-corrected chi connectivity index (χ3v) is 4.01. The number of hydrogen-bond donors (Lipinski definition) is 2. The Bertz CT molecular complexity index is 987. The molecule has 0 unspecified atom stereocenters. The predicted molar refractivity (Wildman–Crippen MR) is 96.8 cm³/mol. The van der Waals surface area contributed by atoms with E-state index >= 15 is 0 Å². The van der Waals surface area contributed by atoms with Crippen molar-refractivity contribution in [2.75, 3.05) is 13.1 Å². The molecular weight excluding hydrogens is 371 g/mol. The van der Waals surface area contributed by atoms with Crippen LogP contribution in [0.1, 0.15) is 20.7 Å². The maximum atomic E-state index is 13.6. The lowest BCUT2D eigenvalue weighted by atomic mass is 10.2. The monoisotopic (exact) mass is 387 g/mol. The fourth-order valence-electron chi connectivity index (χ4n) is 2.54. The van der Waals surface area contributed by atoms with Gasteiger partial charge in [-0.15, -0.1) is 0 Å². The van der Waals surface area contributed by atoms with Crippen LogP contribution >= 0.6 is 0 Å². The van der Waals surface area contributed by atoms with Crippen molar-refractivity contribution in [2.45, 2.75) is 0 Å². The SMILES string of the molecule is O=C(NCCNC(=O)c1ccc(F)c(F)c1F)c1ccc(-n2cccc2)cc1. The van der Waals surface area contributed by atoms with Crippen LogP contribution in [0, 0.1) is 17.5 Å². The molecule has 5 nitrogen and oxygen atoms in total. The van der Waals surface area contributed by atoms with Crippen LogP contribution < -0.4 is 10.6 Å². The lowest BCUT2D eigenvalue weighted by molar-refractivity contribution is 0.0924. The Hall–Kier alpha value is -3.55. The van der Waals surface area contributed by atoms with Crippen LogP contribution in [0.5, 0.6) is 0 Å². The van der Waals surface area contributed by atoms with Crippen LogP contribution in [0.15, 0.2) is 60.9 Å². The van der Waals surface area contributed by atoms with Gasteiger partial charge in [-0.05, 0) is 48.5 Å². The van der Waals surface area contributed by atoms with Gasteiger partial charge in [0.1, 0.15) is 0 Å². The van der Waals surface area contributed by atoms with E-state index in [-0.39, 0.29) is 19.0 Å². The third kappa shape index (κ3) is 4.22. The van der Waals surface area contributed by atoms with E-state index in [4.69, 9.17) is 0 Å². The standard InChI is InChI=1S/C20H16F3N3O2/c21-16-8-7-15(17(22)18(16)23)20(28)25-10-9-24-19(27)13-3-5-14(6-4-13)26-11-1-2-12-26/h1-8,11-12H,9-10H2,(H,24,27)(H,25,28). The lowest BCUT2D eigenvalue weighted by Gasteiger charge is -2.09. The van der Waals surface area contributed by atoms with Crippen LogP contribution in [0.3, 0.4) is 0 Å². The molecule has 0 bridgehead atoms.